The number of ether oxygens (including phenoxy) is 1. The van der Waals surface area contributed by atoms with E-state index in [4.69, 9.17) is 0 Å². The Morgan fingerprint density at radius 3 is 2.47 bits per heavy atom. The number of alkyl halides is 3. The second kappa shape index (κ2) is 9.33. The van der Waals surface area contributed by atoms with Crippen molar-refractivity contribution in [2.45, 2.75) is 37.1 Å². The van der Waals surface area contributed by atoms with Crippen LogP contribution in [0.15, 0.2) is 40.0 Å². The topological polar surface area (TPSA) is 134 Å². The summed E-state index contributed by atoms with van der Waals surface area (Å²) in [5.74, 6) is -2.05. The number of hydrogen-bond acceptors (Lipinski definition) is 9. The lowest BCUT2D eigenvalue weighted by Crippen LogP contribution is -2.58. The van der Waals surface area contributed by atoms with E-state index in [-0.39, 0.29) is 30.4 Å². The van der Waals surface area contributed by atoms with Gasteiger partial charge in [0.1, 0.15) is 11.8 Å². The van der Waals surface area contributed by atoms with Crippen molar-refractivity contribution in [2.75, 3.05) is 24.5 Å². The van der Waals surface area contributed by atoms with Crippen molar-refractivity contribution >= 4 is 37.4 Å². The summed E-state index contributed by atoms with van der Waals surface area (Å²) in [5.41, 5.74) is 0.196. The van der Waals surface area contributed by atoms with Gasteiger partial charge in [0.25, 0.3) is 5.56 Å². The lowest BCUT2D eigenvalue weighted by molar-refractivity contribution is -0.274. The molecule has 0 spiro atoms. The van der Waals surface area contributed by atoms with Crippen molar-refractivity contribution in [1.82, 2.24) is 18.9 Å². The summed E-state index contributed by atoms with van der Waals surface area (Å²) in [6.07, 6.45) is -4.94. The zero-order chi connectivity index (χ0) is 26.4. The molecule has 4 rings (SSSR count). The van der Waals surface area contributed by atoms with Gasteiger partial charge in [0.2, 0.25) is 20.1 Å². The van der Waals surface area contributed by atoms with Crippen LogP contribution in [0, 0.1) is 0 Å². The standard InChI is InChI=1S/C20H20F3N5O6S2/c1-11(2)14-9-16(29)24-18-28(14)25-19(35-18)26-7-8-27(15(10-26)17(30)31)36(32,33)13-5-3-12(4-6-13)34-20(21,22)23/h3-6,9,11,15H,7-8,10H2,1-2H3,(H,30,31)/t15-/m1/s1. The number of benzene rings is 1. The first-order valence-electron chi connectivity index (χ1n) is 10.5. The van der Waals surface area contributed by atoms with Gasteiger partial charge in [-0.1, -0.05) is 25.2 Å². The van der Waals surface area contributed by atoms with E-state index in [1.807, 2.05) is 13.8 Å². The molecule has 1 atom stereocenters. The highest BCUT2D eigenvalue weighted by atomic mass is 32.2. The Morgan fingerprint density at radius 1 is 1.22 bits per heavy atom. The van der Waals surface area contributed by atoms with Crippen molar-refractivity contribution in [2.24, 2.45) is 0 Å². The van der Waals surface area contributed by atoms with E-state index in [1.54, 1.807) is 4.90 Å². The third-order valence-electron chi connectivity index (χ3n) is 5.41. The second-order valence-corrected chi connectivity index (χ2v) is 11.0. The maximum atomic E-state index is 13.2. The first-order chi connectivity index (χ1) is 16.8. The highest BCUT2D eigenvalue weighted by molar-refractivity contribution is 7.89. The van der Waals surface area contributed by atoms with Gasteiger partial charge in [-0.3, -0.25) is 9.59 Å². The highest BCUT2D eigenvalue weighted by Gasteiger charge is 2.41. The number of carboxylic acid groups (broad SMARTS) is 1. The molecule has 1 saturated heterocycles. The predicted octanol–water partition coefficient (Wildman–Crippen LogP) is 2.14. The molecule has 1 aliphatic rings. The van der Waals surface area contributed by atoms with Crippen LogP contribution in [-0.4, -0.2) is 70.4 Å². The lowest BCUT2D eigenvalue weighted by Gasteiger charge is -2.38. The minimum Gasteiger partial charge on any atom is -0.480 e. The molecule has 36 heavy (non-hydrogen) atoms. The molecule has 3 heterocycles. The number of carbonyl (C=O) groups is 1. The minimum atomic E-state index is -4.94. The molecule has 0 unspecified atom stereocenters. The van der Waals surface area contributed by atoms with E-state index >= 15 is 0 Å². The largest absolute Gasteiger partial charge is 0.573 e. The van der Waals surface area contributed by atoms with Gasteiger partial charge in [0, 0.05) is 25.7 Å². The van der Waals surface area contributed by atoms with Gasteiger partial charge in [0.05, 0.1) is 10.6 Å². The van der Waals surface area contributed by atoms with Gasteiger partial charge in [-0.15, -0.1) is 18.3 Å². The molecular formula is C20H20F3N5O6S2. The van der Waals surface area contributed by atoms with Gasteiger partial charge < -0.3 is 14.7 Å². The van der Waals surface area contributed by atoms with Crippen molar-refractivity contribution in [1.29, 1.82) is 0 Å². The third kappa shape index (κ3) is 5.15. The summed E-state index contributed by atoms with van der Waals surface area (Å²) in [4.78, 5) is 29.5. The van der Waals surface area contributed by atoms with Crippen LogP contribution in [0.25, 0.3) is 4.96 Å². The van der Waals surface area contributed by atoms with Gasteiger partial charge in [0.15, 0.2) is 0 Å². The molecule has 1 aromatic carbocycles. The normalized spacial score (nSPS) is 17.6. The number of piperazine rings is 1. The Balaban J connectivity index is 1.61. The summed E-state index contributed by atoms with van der Waals surface area (Å²) in [6, 6.07) is 3.40. The molecule has 2 aromatic heterocycles. The molecule has 0 amide bonds. The summed E-state index contributed by atoms with van der Waals surface area (Å²) >= 11 is 1.07. The first-order valence-corrected chi connectivity index (χ1v) is 12.8. The summed E-state index contributed by atoms with van der Waals surface area (Å²) in [6.45, 7) is 3.38. The van der Waals surface area contributed by atoms with Gasteiger partial charge in [-0.2, -0.15) is 9.29 Å². The van der Waals surface area contributed by atoms with E-state index in [0.717, 1.165) is 39.9 Å². The van der Waals surface area contributed by atoms with Gasteiger partial charge in [-0.25, -0.2) is 12.9 Å². The number of rotatable bonds is 6. The van der Waals surface area contributed by atoms with Crippen LogP contribution in [0.1, 0.15) is 25.5 Å². The van der Waals surface area contributed by atoms with Crippen LogP contribution in [-0.2, 0) is 14.8 Å². The number of aromatic nitrogens is 3. The summed E-state index contributed by atoms with van der Waals surface area (Å²) < 4.78 is 69.5. The van der Waals surface area contributed by atoms with Gasteiger partial charge >= 0.3 is 12.3 Å². The van der Waals surface area contributed by atoms with E-state index in [2.05, 4.69) is 14.8 Å². The first kappa shape index (κ1) is 25.8. The van der Waals surface area contributed by atoms with Crippen molar-refractivity contribution in [3.05, 3.63) is 46.4 Å². The number of aliphatic carboxylic acids is 1. The molecule has 1 fully saturated rings. The van der Waals surface area contributed by atoms with Crippen LogP contribution < -0.4 is 15.2 Å². The monoisotopic (exact) mass is 547 g/mol. The molecule has 1 aliphatic heterocycles. The Bertz CT molecular complexity index is 1450. The van der Waals surface area contributed by atoms with E-state index < -0.39 is 39.7 Å². The Morgan fingerprint density at radius 2 is 1.89 bits per heavy atom. The molecule has 0 bridgehead atoms. The predicted molar refractivity (Wildman–Crippen MR) is 122 cm³/mol. The Kier molecular flexibility index (Phi) is 6.70. The molecule has 0 aliphatic carbocycles. The summed E-state index contributed by atoms with van der Waals surface area (Å²) in [5, 5.41) is 14.6. The lowest BCUT2D eigenvalue weighted by atomic mass is 10.1. The number of fused-ring (bicyclic) bond motifs is 1. The van der Waals surface area contributed by atoms with E-state index in [1.165, 1.54) is 10.6 Å². The Hall–Kier alpha value is -3.24. The fourth-order valence-electron chi connectivity index (χ4n) is 3.74. The average molecular weight is 548 g/mol. The Labute approximate surface area is 206 Å². The molecule has 16 heteroatoms. The number of sulfonamides is 1. The smallest absolute Gasteiger partial charge is 0.480 e. The molecular weight excluding hydrogens is 527 g/mol. The molecule has 1 N–H and O–H groups in total. The second-order valence-electron chi connectivity index (χ2n) is 8.19. The fraction of sp³-hybridized carbons (Fsp3) is 0.400. The summed E-state index contributed by atoms with van der Waals surface area (Å²) in [7, 11) is -4.36. The minimum absolute atomic E-state index is 0.0372. The fourth-order valence-corrected chi connectivity index (χ4v) is 6.26. The SMILES string of the molecule is CC(C)c1cc(=O)nc2sc(N3CCN(S(=O)(=O)c4ccc(OC(F)(F)F)cc4)[C@@H](C(=O)O)C3)nn12. The number of anilines is 1. The molecule has 0 saturated carbocycles. The quantitative estimate of drug-likeness (QED) is 0.493. The van der Waals surface area contributed by atoms with Crippen LogP contribution in [0.5, 0.6) is 5.75 Å². The van der Waals surface area contributed by atoms with Gasteiger partial charge in [-0.05, 0) is 30.2 Å². The van der Waals surface area contributed by atoms with E-state index in [9.17, 15) is 36.3 Å². The average Bonchev–Trinajstić information content (AvgIpc) is 3.21. The number of halogens is 3. The molecule has 11 nitrogen and oxygen atoms in total. The molecule has 194 valence electrons. The third-order valence-corrected chi connectivity index (χ3v) is 8.30. The van der Waals surface area contributed by atoms with Crippen molar-refractivity contribution in [3.8, 4) is 5.75 Å². The van der Waals surface area contributed by atoms with Crippen molar-refractivity contribution < 1.29 is 36.2 Å². The zero-order valence-electron chi connectivity index (χ0n) is 18.8. The van der Waals surface area contributed by atoms with Crippen LogP contribution in [0.3, 0.4) is 0 Å². The highest BCUT2D eigenvalue weighted by Crippen LogP contribution is 2.30. The maximum absolute atomic E-state index is 13.2. The van der Waals surface area contributed by atoms with E-state index in [0.29, 0.717) is 15.8 Å². The van der Waals surface area contributed by atoms with Crippen LogP contribution >= 0.6 is 11.3 Å². The zero-order valence-corrected chi connectivity index (χ0v) is 20.5. The van der Waals surface area contributed by atoms with Crippen LogP contribution in [0.2, 0.25) is 0 Å². The molecule has 3 aromatic rings. The maximum Gasteiger partial charge on any atom is 0.573 e. The number of hydrogen-bond donors (Lipinski definition) is 1. The molecule has 0 radical (unpaired) electrons. The number of nitrogens with zero attached hydrogens (tertiary/aromatic N) is 5. The van der Waals surface area contributed by atoms with Crippen molar-refractivity contribution in [3.63, 3.8) is 0 Å². The van der Waals surface area contributed by atoms with Crippen LogP contribution in [0.4, 0.5) is 18.3 Å². The number of carboxylic acids is 1.